The second-order valence-electron chi connectivity index (χ2n) is 4.77. The van der Waals surface area contributed by atoms with Crippen LogP contribution in [0.2, 0.25) is 10.0 Å². The van der Waals surface area contributed by atoms with Crippen LogP contribution >= 0.6 is 23.2 Å². The maximum Gasteiger partial charge on any atom is 0.226 e. The predicted molar refractivity (Wildman–Crippen MR) is 89.3 cm³/mol. The SMILES string of the molecule is COc1ccc(-c2nc(COc3cc(Cl)cc(Cl)c3)co2)cc1. The van der Waals surface area contributed by atoms with Crippen molar-refractivity contribution >= 4 is 23.2 Å². The average molecular weight is 350 g/mol. The highest BCUT2D eigenvalue weighted by Crippen LogP contribution is 2.26. The molecule has 0 fully saturated rings. The molecule has 0 amide bonds. The lowest BCUT2D eigenvalue weighted by Crippen LogP contribution is -1.95. The first-order chi connectivity index (χ1) is 11.1. The molecule has 0 spiro atoms. The molecular formula is C17H13Cl2NO3. The van der Waals surface area contributed by atoms with Crippen LogP contribution in [-0.2, 0) is 6.61 Å². The summed E-state index contributed by atoms with van der Waals surface area (Å²) in [6, 6.07) is 12.5. The molecule has 0 saturated carbocycles. The van der Waals surface area contributed by atoms with E-state index in [2.05, 4.69) is 4.98 Å². The minimum Gasteiger partial charge on any atom is -0.497 e. The van der Waals surface area contributed by atoms with Crippen LogP contribution in [-0.4, -0.2) is 12.1 Å². The lowest BCUT2D eigenvalue weighted by molar-refractivity contribution is 0.301. The minimum absolute atomic E-state index is 0.260. The Morgan fingerprint density at radius 2 is 1.70 bits per heavy atom. The van der Waals surface area contributed by atoms with Gasteiger partial charge < -0.3 is 13.9 Å². The molecule has 1 heterocycles. The molecule has 0 N–H and O–H groups in total. The van der Waals surface area contributed by atoms with Crippen molar-refractivity contribution in [3.05, 3.63) is 64.5 Å². The number of aromatic nitrogens is 1. The van der Waals surface area contributed by atoms with Crippen LogP contribution in [0.3, 0.4) is 0 Å². The summed E-state index contributed by atoms with van der Waals surface area (Å²) in [5.74, 6) is 1.88. The van der Waals surface area contributed by atoms with Crippen molar-refractivity contribution in [2.75, 3.05) is 7.11 Å². The number of halogens is 2. The summed E-state index contributed by atoms with van der Waals surface area (Å²) in [7, 11) is 1.62. The summed E-state index contributed by atoms with van der Waals surface area (Å²) in [5.41, 5.74) is 1.54. The smallest absolute Gasteiger partial charge is 0.226 e. The van der Waals surface area contributed by atoms with Crippen molar-refractivity contribution in [3.63, 3.8) is 0 Å². The molecule has 3 rings (SSSR count). The number of benzene rings is 2. The number of rotatable bonds is 5. The largest absolute Gasteiger partial charge is 0.497 e. The average Bonchev–Trinajstić information content (AvgIpc) is 3.01. The first-order valence-corrected chi connectivity index (χ1v) is 7.57. The second-order valence-corrected chi connectivity index (χ2v) is 5.64. The number of oxazole rings is 1. The Bertz CT molecular complexity index is 780. The van der Waals surface area contributed by atoms with Gasteiger partial charge in [-0.3, -0.25) is 0 Å². The molecule has 118 valence electrons. The summed E-state index contributed by atoms with van der Waals surface area (Å²) in [5, 5.41) is 1.04. The lowest BCUT2D eigenvalue weighted by atomic mass is 10.2. The third kappa shape index (κ3) is 3.97. The number of hydrogen-bond donors (Lipinski definition) is 0. The molecule has 6 heteroatoms. The molecule has 0 aliphatic carbocycles. The topological polar surface area (TPSA) is 44.5 Å². The molecule has 2 aromatic carbocycles. The molecule has 0 radical (unpaired) electrons. The second kappa shape index (κ2) is 6.94. The van der Waals surface area contributed by atoms with E-state index < -0.39 is 0 Å². The number of nitrogens with zero attached hydrogens (tertiary/aromatic N) is 1. The molecule has 0 atom stereocenters. The van der Waals surface area contributed by atoms with Gasteiger partial charge in [0, 0.05) is 15.6 Å². The van der Waals surface area contributed by atoms with E-state index in [1.54, 1.807) is 31.6 Å². The maximum absolute atomic E-state index is 5.93. The third-order valence-corrected chi connectivity index (χ3v) is 3.55. The van der Waals surface area contributed by atoms with Gasteiger partial charge in [0.1, 0.15) is 30.1 Å². The Kier molecular flexibility index (Phi) is 4.74. The molecule has 0 aliphatic rings. The van der Waals surface area contributed by atoms with E-state index in [4.69, 9.17) is 37.1 Å². The zero-order valence-electron chi connectivity index (χ0n) is 12.3. The van der Waals surface area contributed by atoms with Crippen LogP contribution in [0.5, 0.6) is 11.5 Å². The van der Waals surface area contributed by atoms with E-state index in [0.29, 0.717) is 27.4 Å². The van der Waals surface area contributed by atoms with Gasteiger partial charge in [0.25, 0.3) is 0 Å². The summed E-state index contributed by atoms with van der Waals surface area (Å²) < 4.78 is 16.2. The van der Waals surface area contributed by atoms with Crippen LogP contribution < -0.4 is 9.47 Å². The maximum atomic E-state index is 5.93. The van der Waals surface area contributed by atoms with Crippen molar-refractivity contribution in [2.45, 2.75) is 6.61 Å². The highest BCUT2D eigenvalue weighted by Gasteiger charge is 2.08. The van der Waals surface area contributed by atoms with Crippen LogP contribution in [0.15, 0.2) is 53.1 Å². The molecule has 0 saturated heterocycles. The lowest BCUT2D eigenvalue weighted by Gasteiger charge is -2.04. The first-order valence-electron chi connectivity index (χ1n) is 6.82. The third-order valence-electron chi connectivity index (χ3n) is 3.11. The number of hydrogen-bond acceptors (Lipinski definition) is 4. The van der Waals surface area contributed by atoms with Gasteiger partial charge in [0.2, 0.25) is 5.89 Å². The zero-order valence-corrected chi connectivity index (χ0v) is 13.8. The van der Waals surface area contributed by atoms with Gasteiger partial charge in [0.15, 0.2) is 0 Å². The highest BCUT2D eigenvalue weighted by atomic mass is 35.5. The Morgan fingerprint density at radius 3 is 2.35 bits per heavy atom. The van der Waals surface area contributed by atoms with Gasteiger partial charge in [-0.05, 0) is 42.5 Å². The van der Waals surface area contributed by atoms with Crippen LogP contribution in [0.4, 0.5) is 0 Å². The van der Waals surface area contributed by atoms with Gasteiger partial charge in [-0.25, -0.2) is 4.98 Å². The van der Waals surface area contributed by atoms with Gasteiger partial charge in [-0.15, -0.1) is 0 Å². The predicted octanol–water partition coefficient (Wildman–Crippen LogP) is 5.24. The van der Waals surface area contributed by atoms with E-state index in [1.165, 1.54) is 0 Å². The molecule has 3 aromatic rings. The molecule has 0 bridgehead atoms. The fraction of sp³-hybridized carbons (Fsp3) is 0.118. The standard InChI is InChI=1S/C17H13Cl2NO3/c1-21-15-4-2-11(3-5-15)17-20-14(10-23-17)9-22-16-7-12(18)6-13(19)8-16/h2-8,10H,9H2,1H3. The van der Waals surface area contributed by atoms with E-state index >= 15 is 0 Å². The fourth-order valence-electron chi connectivity index (χ4n) is 2.01. The van der Waals surface area contributed by atoms with E-state index in [-0.39, 0.29) is 6.61 Å². The summed E-state index contributed by atoms with van der Waals surface area (Å²) >= 11 is 11.9. The van der Waals surface area contributed by atoms with Crippen molar-refractivity contribution in [1.82, 2.24) is 4.98 Å². The van der Waals surface area contributed by atoms with Crippen molar-refractivity contribution in [2.24, 2.45) is 0 Å². The number of methoxy groups -OCH3 is 1. The van der Waals surface area contributed by atoms with Crippen molar-refractivity contribution in [1.29, 1.82) is 0 Å². The van der Waals surface area contributed by atoms with Crippen LogP contribution in [0.1, 0.15) is 5.69 Å². The molecule has 0 aliphatic heterocycles. The number of ether oxygens (including phenoxy) is 2. The van der Waals surface area contributed by atoms with Gasteiger partial charge in [-0.2, -0.15) is 0 Å². The minimum atomic E-state index is 0.260. The molecule has 23 heavy (non-hydrogen) atoms. The van der Waals surface area contributed by atoms with Gasteiger partial charge >= 0.3 is 0 Å². The molecule has 1 aromatic heterocycles. The Morgan fingerprint density at radius 1 is 1.00 bits per heavy atom. The Balaban J connectivity index is 1.69. The molecule has 4 nitrogen and oxygen atoms in total. The molecule has 0 unspecified atom stereocenters. The normalized spacial score (nSPS) is 10.6. The van der Waals surface area contributed by atoms with Crippen LogP contribution in [0.25, 0.3) is 11.5 Å². The van der Waals surface area contributed by atoms with E-state index in [0.717, 1.165) is 11.3 Å². The molecular weight excluding hydrogens is 337 g/mol. The fourth-order valence-corrected chi connectivity index (χ4v) is 2.51. The Hall–Kier alpha value is -2.17. The van der Waals surface area contributed by atoms with Gasteiger partial charge in [-0.1, -0.05) is 23.2 Å². The summed E-state index contributed by atoms with van der Waals surface area (Å²) in [6.07, 6.45) is 1.56. The van der Waals surface area contributed by atoms with Gasteiger partial charge in [0.05, 0.1) is 7.11 Å². The van der Waals surface area contributed by atoms with E-state index in [9.17, 15) is 0 Å². The zero-order chi connectivity index (χ0) is 16.2. The monoisotopic (exact) mass is 349 g/mol. The Labute approximate surface area is 143 Å². The van der Waals surface area contributed by atoms with Crippen LogP contribution in [0, 0.1) is 0 Å². The van der Waals surface area contributed by atoms with E-state index in [1.807, 2.05) is 24.3 Å². The summed E-state index contributed by atoms with van der Waals surface area (Å²) in [6.45, 7) is 0.260. The van der Waals surface area contributed by atoms with Crippen molar-refractivity contribution < 1.29 is 13.9 Å². The summed E-state index contributed by atoms with van der Waals surface area (Å²) in [4.78, 5) is 4.40. The quantitative estimate of drug-likeness (QED) is 0.632. The van der Waals surface area contributed by atoms with Crippen molar-refractivity contribution in [3.8, 4) is 23.0 Å². The first kappa shape index (κ1) is 15.7. The highest BCUT2D eigenvalue weighted by molar-refractivity contribution is 6.34.